The Labute approximate surface area is 292 Å². The standard InChI is InChI=1S/C49H38O/c1-5-37-38(6-2)40(18-10-8-7-9-17-39(37)33-22-21-31-15-11-12-16-32(31)25-33)34-23-24-45-42(26-34)43-27-36-30-48-44(41-19-13-14-20-47(41)50-48)28-35(36)29-46(43)49(45,3)4/h5-30H,1-4H3/b9-7?,10-8?,37-5+,38-6+,39-17?,40-18?. The molecule has 1 nitrogen and oxygen atoms in total. The summed E-state index contributed by atoms with van der Waals surface area (Å²) in [7, 11) is 0. The molecule has 0 saturated heterocycles. The molecule has 1 heteroatoms. The molecule has 9 rings (SSSR count). The molecule has 1 aromatic heterocycles. The van der Waals surface area contributed by atoms with Crippen molar-refractivity contribution in [2.75, 3.05) is 0 Å². The van der Waals surface area contributed by atoms with Gasteiger partial charge in [0, 0.05) is 16.2 Å². The van der Waals surface area contributed by atoms with Gasteiger partial charge in [0.1, 0.15) is 11.2 Å². The minimum absolute atomic E-state index is 0.121. The van der Waals surface area contributed by atoms with E-state index in [9.17, 15) is 0 Å². The van der Waals surface area contributed by atoms with E-state index in [-0.39, 0.29) is 5.41 Å². The second-order valence-electron chi connectivity index (χ2n) is 14.0. The Morgan fingerprint density at radius 2 is 1.04 bits per heavy atom. The first-order valence-electron chi connectivity index (χ1n) is 17.6. The maximum Gasteiger partial charge on any atom is 0.136 e. The molecule has 8 aromatic rings. The van der Waals surface area contributed by atoms with Crippen molar-refractivity contribution in [2.24, 2.45) is 0 Å². The van der Waals surface area contributed by atoms with Crippen molar-refractivity contribution < 1.29 is 4.42 Å². The minimum Gasteiger partial charge on any atom is -0.456 e. The number of rotatable bonds is 2. The first-order valence-corrected chi connectivity index (χ1v) is 17.6. The molecular formula is C49H38O. The third kappa shape index (κ3) is 4.69. The second-order valence-corrected chi connectivity index (χ2v) is 14.0. The Bertz CT molecular complexity index is 2860. The van der Waals surface area contributed by atoms with Gasteiger partial charge in [0.05, 0.1) is 0 Å². The summed E-state index contributed by atoms with van der Waals surface area (Å²) < 4.78 is 6.30. The summed E-state index contributed by atoms with van der Waals surface area (Å²) in [6, 6.07) is 53.2. The number of hydrogen-bond donors (Lipinski definition) is 0. The van der Waals surface area contributed by atoms with Crippen LogP contribution >= 0.6 is 0 Å². The van der Waals surface area contributed by atoms with Gasteiger partial charge in [-0.05, 0) is 133 Å². The maximum atomic E-state index is 6.30. The summed E-state index contributed by atoms with van der Waals surface area (Å²) >= 11 is 0. The van der Waals surface area contributed by atoms with Crippen molar-refractivity contribution in [1.82, 2.24) is 0 Å². The van der Waals surface area contributed by atoms with Crippen molar-refractivity contribution in [2.45, 2.75) is 33.1 Å². The SMILES string of the molecule is C/C=c1/c(-c2ccc3c(c2)-c2cc4cc5oc6ccccc6c5cc4cc2C3(C)C)ccccccc(-c2ccc3ccccc3c2)/c1=C/C. The molecule has 0 unspecified atom stereocenters. The van der Waals surface area contributed by atoms with E-state index in [1.807, 2.05) is 6.07 Å². The third-order valence-corrected chi connectivity index (χ3v) is 10.8. The highest BCUT2D eigenvalue weighted by Gasteiger charge is 2.36. The van der Waals surface area contributed by atoms with Crippen LogP contribution in [0.15, 0.2) is 150 Å². The Balaban J connectivity index is 1.27. The van der Waals surface area contributed by atoms with Gasteiger partial charge in [0.25, 0.3) is 0 Å². The molecule has 0 atom stereocenters. The molecule has 240 valence electrons. The zero-order chi connectivity index (χ0) is 34.0. The first kappa shape index (κ1) is 30.2. The fourth-order valence-corrected chi connectivity index (χ4v) is 8.27. The quantitative estimate of drug-likeness (QED) is 0.183. The predicted molar refractivity (Wildman–Crippen MR) is 214 cm³/mol. The molecule has 0 spiro atoms. The smallest absolute Gasteiger partial charge is 0.136 e. The van der Waals surface area contributed by atoms with Crippen LogP contribution in [0, 0.1) is 0 Å². The van der Waals surface area contributed by atoms with E-state index in [0.29, 0.717) is 0 Å². The highest BCUT2D eigenvalue weighted by molar-refractivity contribution is 6.11. The fraction of sp³-hybridized carbons (Fsp3) is 0.102. The van der Waals surface area contributed by atoms with Crippen LogP contribution in [0.25, 0.3) is 89.0 Å². The Hall–Kier alpha value is -5.92. The number of furan rings is 1. The second kappa shape index (κ2) is 11.6. The Morgan fingerprint density at radius 3 is 1.80 bits per heavy atom. The van der Waals surface area contributed by atoms with Gasteiger partial charge < -0.3 is 4.42 Å². The molecule has 7 aromatic carbocycles. The van der Waals surface area contributed by atoms with Crippen molar-refractivity contribution in [3.63, 3.8) is 0 Å². The van der Waals surface area contributed by atoms with Crippen LogP contribution in [0.3, 0.4) is 0 Å². The lowest BCUT2D eigenvalue weighted by Crippen LogP contribution is -2.27. The van der Waals surface area contributed by atoms with Gasteiger partial charge in [0.15, 0.2) is 0 Å². The topological polar surface area (TPSA) is 13.1 Å². The summed E-state index contributed by atoms with van der Waals surface area (Å²) in [5.74, 6) is 0. The molecule has 50 heavy (non-hydrogen) atoms. The molecule has 0 amide bonds. The van der Waals surface area contributed by atoms with E-state index in [0.717, 1.165) is 11.2 Å². The van der Waals surface area contributed by atoms with Crippen molar-refractivity contribution in [1.29, 1.82) is 0 Å². The van der Waals surface area contributed by atoms with Gasteiger partial charge in [-0.3, -0.25) is 0 Å². The van der Waals surface area contributed by atoms with E-state index in [4.69, 9.17) is 4.42 Å². The normalized spacial score (nSPS) is 14.0. The van der Waals surface area contributed by atoms with Gasteiger partial charge >= 0.3 is 0 Å². The lowest BCUT2D eigenvalue weighted by Gasteiger charge is -2.22. The predicted octanol–water partition coefficient (Wildman–Crippen LogP) is 12.3. The summed E-state index contributed by atoms with van der Waals surface area (Å²) in [6.45, 7) is 9.04. The zero-order valence-corrected chi connectivity index (χ0v) is 28.9. The highest BCUT2D eigenvalue weighted by Crippen LogP contribution is 2.51. The first-order chi connectivity index (χ1) is 24.4. The van der Waals surface area contributed by atoms with Gasteiger partial charge in [-0.2, -0.15) is 0 Å². The molecule has 0 fully saturated rings. The molecule has 1 heterocycles. The maximum absolute atomic E-state index is 6.30. The van der Waals surface area contributed by atoms with E-state index in [1.54, 1.807) is 0 Å². The Kier molecular flexibility index (Phi) is 7.00. The average Bonchev–Trinajstić information content (AvgIpc) is 3.61. The van der Waals surface area contributed by atoms with Crippen LogP contribution in [-0.2, 0) is 5.41 Å². The van der Waals surface area contributed by atoms with Gasteiger partial charge in [-0.1, -0.05) is 129 Å². The molecule has 1 aliphatic carbocycles. The zero-order valence-electron chi connectivity index (χ0n) is 28.9. The highest BCUT2D eigenvalue weighted by atomic mass is 16.3. The van der Waals surface area contributed by atoms with Gasteiger partial charge in [-0.15, -0.1) is 0 Å². The number of benzene rings is 6. The van der Waals surface area contributed by atoms with Crippen LogP contribution < -0.4 is 10.4 Å². The molecule has 0 aliphatic heterocycles. The molecular weight excluding hydrogens is 605 g/mol. The lowest BCUT2D eigenvalue weighted by atomic mass is 9.81. The molecule has 0 bridgehead atoms. The van der Waals surface area contributed by atoms with Crippen LogP contribution in [-0.4, -0.2) is 0 Å². The van der Waals surface area contributed by atoms with Crippen LogP contribution in [0.4, 0.5) is 0 Å². The van der Waals surface area contributed by atoms with Gasteiger partial charge in [-0.25, -0.2) is 0 Å². The average molecular weight is 643 g/mol. The molecule has 0 radical (unpaired) electrons. The number of fused-ring (bicyclic) bond motifs is 8. The third-order valence-electron chi connectivity index (χ3n) is 10.8. The van der Waals surface area contributed by atoms with Crippen LogP contribution in [0.1, 0.15) is 38.8 Å². The summed E-state index contributed by atoms with van der Waals surface area (Å²) in [5.41, 5.74) is 11.9. The molecule has 1 aliphatic rings. The van der Waals surface area contributed by atoms with Crippen LogP contribution in [0.2, 0.25) is 0 Å². The van der Waals surface area contributed by atoms with Crippen molar-refractivity contribution in [3.05, 3.63) is 167 Å². The van der Waals surface area contributed by atoms with E-state index in [1.165, 1.54) is 87.3 Å². The lowest BCUT2D eigenvalue weighted by molar-refractivity contribution is 0.661. The summed E-state index contributed by atoms with van der Waals surface area (Å²) in [4.78, 5) is 0. The molecule has 0 saturated carbocycles. The largest absolute Gasteiger partial charge is 0.456 e. The Morgan fingerprint density at radius 1 is 0.420 bits per heavy atom. The van der Waals surface area contributed by atoms with E-state index < -0.39 is 0 Å². The van der Waals surface area contributed by atoms with Crippen LogP contribution in [0.5, 0.6) is 0 Å². The van der Waals surface area contributed by atoms with Crippen molar-refractivity contribution >= 4 is 55.6 Å². The summed E-state index contributed by atoms with van der Waals surface area (Å²) in [6.07, 6.45) is 4.53. The monoisotopic (exact) mass is 642 g/mol. The van der Waals surface area contributed by atoms with E-state index >= 15 is 0 Å². The minimum atomic E-state index is -0.121. The van der Waals surface area contributed by atoms with E-state index in [2.05, 4.69) is 179 Å². The fourth-order valence-electron chi connectivity index (χ4n) is 8.27. The van der Waals surface area contributed by atoms with Gasteiger partial charge in [0.2, 0.25) is 0 Å². The number of para-hydroxylation sites is 1. The van der Waals surface area contributed by atoms with Crippen molar-refractivity contribution in [3.8, 4) is 33.4 Å². The summed E-state index contributed by atoms with van der Waals surface area (Å²) in [5, 5.41) is 9.72. The number of hydrogen-bond acceptors (Lipinski definition) is 1. The molecule has 0 N–H and O–H groups in total.